The Bertz CT molecular complexity index is 970. The van der Waals surface area contributed by atoms with Crippen LogP contribution in [0.2, 0.25) is 0 Å². The van der Waals surface area contributed by atoms with Gasteiger partial charge in [-0.3, -0.25) is 13.9 Å². The molecule has 1 aliphatic heterocycles. The lowest BCUT2D eigenvalue weighted by Crippen LogP contribution is -2.40. The zero-order chi connectivity index (χ0) is 22.2. The van der Waals surface area contributed by atoms with Crippen LogP contribution >= 0.6 is 7.75 Å². The van der Waals surface area contributed by atoms with Crippen LogP contribution in [0.25, 0.3) is 11.2 Å². The smallest absolute Gasteiger partial charge is 0.403 e. The van der Waals surface area contributed by atoms with E-state index in [2.05, 4.69) is 20.0 Å². The van der Waals surface area contributed by atoms with E-state index in [1.54, 1.807) is 13.8 Å². The van der Waals surface area contributed by atoms with Crippen molar-refractivity contribution in [1.29, 1.82) is 0 Å². The van der Waals surface area contributed by atoms with Crippen molar-refractivity contribution in [3.05, 3.63) is 12.7 Å². The number of nitrogens with two attached hydrogens (primary N) is 1. The monoisotopic (exact) mass is 446 g/mol. The van der Waals surface area contributed by atoms with Gasteiger partial charge < -0.3 is 30.7 Å². The molecule has 15 heteroatoms. The third kappa shape index (κ3) is 4.44. The van der Waals surface area contributed by atoms with Crippen molar-refractivity contribution >= 4 is 30.7 Å². The van der Waals surface area contributed by atoms with E-state index >= 15 is 0 Å². The first-order valence-corrected chi connectivity index (χ1v) is 10.5. The first-order chi connectivity index (χ1) is 14.0. The van der Waals surface area contributed by atoms with Crippen LogP contribution in [0, 0.1) is 5.92 Å². The van der Waals surface area contributed by atoms with Gasteiger partial charge in [0.1, 0.15) is 36.2 Å². The van der Waals surface area contributed by atoms with E-state index in [1.807, 2.05) is 0 Å². The molecular weight excluding hydrogens is 423 g/mol. The van der Waals surface area contributed by atoms with Gasteiger partial charge in [-0.25, -0.2) is 24.6 Å². The van der Waals surface area contributed by atoms with Gasteiger partial charge in [-0.2, -0.15) is 0 Å². The molecule has 0 saturated carbocycles. The number of carbonyl (C=O) groups is 1. The largest absolute Gasteiger partial charge is 0.480 e. The maximum Gasteiger partial charge on any atom is 0.403 e. The van der Waals surface area contributed by atoms with E-state index in [-0.39, 0.29) is 17.0 Å². The fourth-order valence-electron chi connectivity index (χ4n) is 3.03. The highest BCUT2D eigenvalue weighted by molar-refractivity contribution is 7.50. The number of nitrogens with one attached hydrogen (secondary N) is 1. The predicted octanol–water partition coefficient (Wildman–Crippen LogP) is -1.16. The molecule has 166 valence electrons. The molecule has 30 heavy (non-hydrogen) atoms. The molecule has 0 amide bonds. The number of anilines is 1. The molecule has 1 aliphatic rings. The first kappa shape index (κ1) is 22.5. The van der Waals surface area contributed by atoms with Gasteiger partial charge in [0.15, 0.2) is 17.7 Å². The van der Waals surface area contributed by atoms with Gasteiger partial charge in [-0.15, -0.1) is 0 Å². The fourth-order valence-corrected chi connectivity index (χ4v) is 4.21. The first-order valence-electron chi connectivity index (χ1n) is 8.94. The van der Waals surface area contributed by atoms with Crippen LogP contribution in [0.15, 0.2) is 12.7 Å². The molecule has 3 rings (SSSR count). The summed E-state index contributed by atoms with van der Waals surface area (Å²) in [5.41, 5.74) is 6.27. The summed E-state index contributed by atoms with van der Waals surface area (Å²) in [4.78, 5) is 33.0. The van der Waals surface area contributed by atoms with Gasteiger partial charge in [0.05, 0.1) is 12.9 Å². The van der Waals surface area contributed by atoms with Crippen LogP contribution in [0.1, 0.15) is 20.1 Å². The Morgan fingerprint density at radius 2 is 2.07 bits per heavy atom. The number of hydrogen-bond donors (Lipinski definition) is 6. The van der Waals surface area contributed by atoms with Crippen molar-refractivity contribution in [2.45, 2.75) is 44.4 Å². The number of fused-ring (bicyclic) bond motifs is 1. The number of aliphatic carboxylic acids is 1. The van der Waals surface area contributed by atoms with Crippen molar-refractivity contribution < 1.29 is 38.8 Å². The Hall–Kier alpha value is -2.19. The molecule has 1 saturated heterocycles. The van der Waals surface area contributed by atoms with Crippen molar-refractivity contribution in [1.82, 2.24) is 24.6 Å². The molecule has 0 bridgehead atoms. The van der Waals surface area contributed by atoms with E-state index < -0.39 is 56.8 Å². The lowest BCUT2D eigenvalue weighted by atomic mass is 10.1. The van der Waals surface area contributed by atoms with E-state index in [4.69, 9.17) is 20.1 Å². The highest BCUT2D eigenvalue weighted by Gasteiger charge is 2.45. The molecule has 7 N–H and O–H groups in total. The molecule has 0 aromatic carbocycles. The number of rotatable bonds is 8. The molecule has 0 radical (unpaired) electrons. The normalized spacial score (nSPS) is 27.4. The van der Waals surface area contributed by atoms with Gasteiger partial charge in [-0.1, -0.05) is 13.8 Å². The Kier molecular flexibility index (Phi) is 6.38. The third-order valence-electron chi connectivity index (χ3n) is 4.65. The molecule has 1 unspecified atom stereocenters. The number of carboxylic acids is 1. The van der Waals surface area contributed by atoms with E-state index in [9.17, 15) is 24.5 Å². The second-order valence-corrected chi connectivity index (χ2v) is 8.69. The Morgan fingerprint density at radius 3 is 2.70 bits per heavy atom. The van der Waals surface area contributed by atoms with Crippen LogP contribution in [0.4, 0.5) is 5.82 Å². The van der Waals surface area contributed by atoms with Gasteiger partial charge in [0.25, 0.3) is 0 Å². The zero-order valence-corrected chi connectivity index (χ0v) is 17.0. The second kappa shape index (κ2) is 8.51. The highest BCUT2D eigenvalue weighted by Crippen LogP contribution is 2.40. The number of hydrogen-bond acceptors (Lipinski definition) is 10. The fraction of sp³-hybridized carbons (Fsp3) is 0.600. The summed E-state index contributed by atoms with van der Waals surface area (Å²) in [6, 6.07) is -1.32. The highest BCUT2D eigenvalue weighted by atomic mass is 31.2. The lowest BCUT2D eigenvalue weighted by molar-refractivity contribution is -0.140. The Morgan fingerprint density at radius 1 is 1.37 bits per heavy atom. The third-order valence-corrected chi connectivity index (χ3v) is 5.75. The molecule has 3 heterocycles. The number of aliphatic hydroxyl groups excluding tert-OH is 2. The summed E-state index contributed by atoms with van der Waals surface area (Å²) in [7, 11) is -4.54. The van der Waals surface area contributed by atoms with E-state index in [0.29, 0.717) is 0 Å². The molecule has 2 aromatic heterocycles. The van der Waals surface area contributed by atoms with Crippen LogP contribution in [-0.4, -0.2) is 76.7 Å². The summed E-state index contributed by atoms with van der Waals surface area (Å²) in [5, 5.41) is 31.8. The predicted molar refractivity (Wildman–Crippen MR) is 101 cm³/mol. The van der Waals surface area contributed by atoms with E-state index in [1.165, 1.54) is 17.2 Å². The standard InChI is InChI=1S/C15H23N6O8P/c1-6(2)8(15(24)25)20-30(26,27)28-3-7-10(22)11(23)14(29-7)21-5-19-9-12(16)17-4-18-13(9)21/h4-8,10-11,14,22-23H,3H2,1-2H3,(H,24,25)(H2,16,17,18)(H2,20,26,27)/t7-,8+,10-,11-,14-/m1/s1. The molecule has 6 atom stereocenters. The minimum Gasteiger partial charge on any atom is -0.480 e. The average molecular weight is 446 g/mol. The summed E-state index contributed by atoms with van der Waals surface area (Å²) in [6.07, 6.45) is -2.70. The molecular formula is C15H23N6O8P. The van der Waals surface area contributed by atoms with Crippen LogP contribution in [-0.2, 0) is 18.6 Å². The number of carboxylic acid groups (broad SMARTS) is 1. The molecule has 1 fully saturated rings. The van der Waals surface area contributed by atoms with Crippen molar-refractivity contribution in [3.8, 4) is 0 Å². The molecule has 2 aromatic rings. The quantitative estimate of drug-likeness (QED) is 0.264. The van der Waals surface area contributed by atoms with Gasteiger partial charge >= 0.3 is 13.7 Å². The number of aromatic nitrogens is 4. The Labute approximate surface area is 170 Å². The topological polar surface area (TPSA) is 215 Å². The Balaban J connectivity index is 1.70. The number of nitrogens with zero attached hydrogens (tertiary/aromatic N) is 4. The second-order valence-electron chi connectivity index (χ2n) is 7.13. The number of ether oxygens (including phenoxy) is 1. The average Bonchev–Trinajstić information content (AvgIpc) is 3.21. The molecule has 0 aliphatic carbocycles. The van der Waals surface area contributed by atoms with E-state index in [0.717, 1.165) is 0 Å². The zero-order valence-electron chi connectivity index (χ0n) is 16.1. The summed E-state index contributed by atoms with van der Waals surface area (Å²) < 4.78 is 24.1. The number of aliphatic hydroxyl groups is 2. The van der Waals surface area contributed by atoms with Crippen LogP contribution in [0.5, 0.6) is 0 Å². The SMILES string of the molecule is CC(C)[C@H](NP(=O)(O)OC[C@H]1O[C@@H](n2cnc3c(N)ncnc32)[C@H](O)[C@@H]1O)C(=O)O. The van der Waals surface area contributed by atoms with Gasteiger partial charge in [-0.05, 0) is 5.92 Å². The number of nitrogen functional groups attached to an aromatic ring is 1. The maximum atomic E-state index is 12.2. The van der Waals surface area contributed by atoms with Gasteiger partial charge in [0, 0.05) is 0 Å². The molecule has 14 nitrogen and oxygen atoms in total. The minimum atomic E-state index is -4.54. The summed E-state index contributed by atoms with van der Waals surface area (Å²) in [6.45, 7) is 2.52. The van der Waals surface area contributed by atoms with Crippen LogP contribution in [0.3, 0.4) is 0 Å². The molecule has 0 spiro atoms. The van der Waals surface area contributed by atoms with Gasteiger partial charge in [0.2, 0.25) is 0 Å². The maximum absolute atomic E-state index is 12.2. The summed E-state index contributed by atoms with van der Waals surface area (Å²) in [5.74, 6) is -1.68. The minimum absolute atomic E-state index is 0.122. The van der Waals surface area contributed by atoms with Crippen LogP contribution < -0.4 is 10.8 Å². The van der Waals surface area contributed by atoms with Crippen molar-refractivity contribution in [2.75, 3.05) is 12.3 Å². The lowest BCUT2D eigenvalue weighted by Gasteiger charge is -2.23. The van der Waals surface area contributed by atoms with Crippen molar-refractivity contribution in [3.63, 3.8) is 0 Å². The summed E-state index contributed by atoms with van der Waals surface area (Å²) >= 11 is 0. The number of imidazole rings is 1. The van der Waals surface area contributed by atoms with Crippen molar-refractivity contribution in [2.24, 2.45) is 5.92 Å².